The van der Waals surface area contributed by atoms with Crippen LogP contribution in [-0.4, -0.2) is 33.8 Å². The van der Waals surface area contributed by atoms with E-state index in [1.165, 1.54) is 0 Å². The second-order valence-electron chi connectivity index (χ2n) is 3.72. The molecule has 0 amide bonds. The number of aliphatic hydroxyl groups excluding tert-OH is 1. The quantitative estimate of drug-likeness (QED) is 0.674. The number of oxazole rings is 1. The average molecular weight is 212 g/mol. The average Bonchev–Trinajstić information content (AvgIpc) is 2.59. The second kappa shape index (κ2) is 3.90. The molecule has 0 saturated heterocycles. The molecule has 0 aromatic carbocycles. The molecule has 0 spiro atoms. The smallest absolute Gasteiger partial charge is 0.357 e. The van der Waals surface area contributed by atoms with Crippen molar-refractivity contribution in [3.05, 3.63) is 12.0 Å². The summed E-state index contributed by atoms with van der Waals surface area (Å²) in [5.74, 6) is -0.689. The summed E-state index contributed by atoms with van der Waals surface area (Å²) in [6, 6.07) is 0.216. The van der Waals surface area contributed by atoms with Crippen molar-refractivity contribution in [2.24, 2.45) is 5.92 Å². The third-order valence-corrected chi connectivity index (χ3v) is 2.48. The highest BCUT2D eigenvalue weighted by Crippen LogP contribution is 2.27. The molecule has 0 bridgehead atoms. The summed E-state index contributed by atoms with van der Waals surface area (Å²) in [5.41, 5.74) is -0.105. The van der Waals surface area contributed by atoms with E-state index in [0.717, 1.165) is 19.1 Å². The van der Waals surface area contributed by atoms with Crippen LogP contribution in [0.4, 0.5) is 6.01 Å². The first-order chi connectivity index (χ1) is 7.15. The lowest BCUT2D eigenvalue weighted by Gasteiger charge is -2.30. The first-order valence-electron chi connectivity index (χ1n) is 4.76. The lowest BCUT2D eigenvalue weighted by Crippen LogP contribution is -2.33. The molecule has 6 nitrogen and oxygen atoms in total. The topological polar surface area (TPSA) is 95.6 Å². The van der Waals surface area contributed by atoms with E-state index in [-0.39, 0.29) is 17.8 Å². The van der Waals surface area contributed by atoms with Gasteiger partial charge in [-0.15, -0.1) is 0 Å². The standard InChI is InChI=1S/C9H12N2O4/c12-6-1-5(2-6)3-10-9-11-7(4-15-9)8(13)14/h4-6,12H,1-3H2,(H,10,11)(H,13,14). The fourth-order valence-corrected chi connectivity index (χ4v) is 1.55. The Kier molecular flexibility index (Phi) is 2.59. The van der Waals surface area contributed by atoms with Gasteiger partial charge in [-0.05, 0) is 18.8 Å². The van der Waals surface area contributed by atoms with E-state index < -0.39 is 5.97 Å². The van der Waals surface area contributed by atoms with Gasteiger partial charge in [0.1, 0.15) is 6.26 Å². The molecule has 1 heterocycles. The molecule has 3 N–H and O–H groups in total. The van der Waals surface area contributed by atoms with Crippen LogP contribution in [0, 0.1) is 5.92 Å². The zero-order valence-electron chi connectivity index (χ0n) is 8.01. The SMILES string of the molecule is O=C(O)c1coc(NCC2CC(O)C2)n1. The van der Waals surface area contributed by atoms with Crippen LogP contribution in [-0.2, 0) is 0 Å². The minimum Gasteiger partial charge on any atom is -0.476 e. The molecular formula is C9H12N2O4. The van der Waals surface area contributed by atoms with Crippen molar-refractivity contribution in [2.75, 3.05) is 11.9 Å². The van der Waals surface area contributed by atoms with E-state index in [2.05, 4.69) is 10.3 Å². The van der Waals surface area contributed by atoms with Gasteiger partial charge in [0.2, 0.25) is 0 Å². The van der Waals surface area contributed by atoms with Crippen molar-refractivity contribution in [1.29, 1.82) is 0 Å². The van der Waals surface area contributed by atoms with Crippen LogP contribution in [0.5, 0.6) is 0 Å². The van der Waals surface area contributed by atoms with Gasteiger partial charge in [-0.3, -0.25) is 0 Å². The Morgan fingerprint density at radius 3 is 2.93 bits per heavy atom. The van der Waals surface area contributed by atoms with Crippen molar-refractivity contribution < 1.29 is 19.4 Å². The molecule has 1 fully saturated rings. The normalized spacial score (nSPS) is 24.6. The Morgan fingerprint density at radius 1 is 1.67 bits per heavy atom. The summed E-state index contributed by atoms with van der Waals surface area (Å²) < 4.78 is 4.91. The van der Waals surface area contributed by atoms with Crippen molar-refractivity contribution in [3.63, 3.8) is 0 Å². The van der Waals surface area contributed by atoms with Gasteiger partial charge in [-0.1, -0.05) is 0 Å². The summed E-state index contributed by atoms with van der Waals surface area (Å²) >= 11 is 0. The van der Waals surface area contributed by atoms with Crippen LogP contribution in [0.2, 0.25) is 0 Å². The van der Waals surface area contributed by atoms with Gasteiger partial charge in [0, 0.05) is 6.54 Å². The lowest BCUT2D eigenvalue weighted by atomic mass is 9.82. The first kappa shape index (κ1) is 9.97. The Labute approximate surface area is 85.9 Å². The van der Waals surface area contributed by atoms with Gasteiger partial charge in [0.05, 0.1) is 6.10 Å². The zero-order chi connectivity index (χ0) is 10.8. The number of aliphatic hydroxyl groups is 1. The summed E-state index contributed by atoms with van der Waals surface area (Å²) in [6.45, 7) is 0.649. The van der Waals surface area contributed by atoms with Crippen LogP contribution in [0.25, 0.3) is 0 Å². The summed E-state index contributed by atoms with van der Waals surface area (Å²) in [6.07, 6.45) is 2.47. The number of hydrogen-bond acceptors (Lipinski definition) is 5. The minimum atomic E-state index is -1.11. The van der Waals surface area contributed by atoms with Crippen LogP contribution in [0.15, 0.2) is 10.7 Å². The molecule has 15 heavy (non-hydrogen) atoms. The molecule has 0 aliphatic heterocycles. The maximum Gasteiger partial charge on any atom is 0.357 e. The molecule has 1 aromatic heterocycles. The summed E-state index contributed by atoms with van der Waals surface area (Å²) in [7, 11) is 0. The lowest BCUT2D eigenvalue weighted by molar-refractivity contribution is 0.0484. The molecule has 1 saturated carbocycles. The molecule has 82 valence electrons. The van der Waals surface area contributed by atoms with Gasteiger partial charge in [0.15, 0.2) is 5.69 Å². The molecule has 0 atom stereocenters. The number of carboxylic acids is 1. The number of rotatable bonds is 4. The number of nitrogens with zero attached hydrogens (tertiary/aromatic N) is 1. The Morgan fingerprint density at radius 2 is 2.40 bits per heavy atom. The molecule has 1 aromatic rings. The maximum atomic E-state index is 10.5. The summed E-state index contributed by atoms with van der Waals surface area (Å²) in [5, 5.41) is 20.5. The fraction of sp³-hybridized carbons (Fsp3) is 0.556. The Balaban J connectivity index is 1.81. The van der Waals surface area contributed by atoms with Crippen molar-refractivity contribution in [1.82, 2.24) is 4.98 Å². The van der Waals surface area contributed by atoms with E-state index >= 15 is 0 Å². The monoisotopic (exact) mass is 212 g/mol. The number of aromatic carboxylic acids is 1. The zero-order valence-corrected chi connectivity index (χ0v) is 8.01. The van der Waals surface area contributed by atoms with Gasteiger partial charge in [-0.25, -0.2) is 4.79 Å². The van der Waals surface area contributed by atoms with E-state index in [0.29, 0.717) is 12.5 Å². The third kappa shape index (κ3) is 2.27. The van der Waals surface area contributed by atoms with E-state index in [1.807, 2.05) is 0 Å². The van der Waals surface area contributed by atoms with Gasteiger partial charge < -0.3 is 19.9 Å². The predicted octanol–water partition coefficient (Wildman–Crippen LogP) is 0.556. The van der Waals surface area contributed by atoms with Crippen LogP contribution >= 0.6 is 0 Å². The van der Waals surface area contributed by atoms with E-state index in [4.69, 9.17) is 14.6 Å². The predicted molar refractivity (Wildman–Crippen MR) is 50.7 cm³/mol. The molecule has 1 aliphatic carbocycles. The van der Waals surface area contributed by atoms with Gasteiger partial charge in [0.25, 0.3) is 6.01 Å². The molecule has 0 radical (unpaired) electrons. The Hall–Kier alpha value is -1.56. The minimum absolute atomic E-state index is 0.105. The van der Waals surface area contributed by atoms with Crippen molar-refractivity contribution >= 4 is 12.0 Å². The highest BCUT2D eigenvalue weighted by Gasteiger charge is 2.27. The number of hydrogen-bond donors (Lipinski definition) is 3. The third-order valence-electron chi connectivity index (χ3n) is 2.48. The highest BCUT2D eigenvalue weighted by atomic mass is 16.4. The number of nitrogens with one attached hydrogen (secondary N) is 1. The van der Waals surface area contributed by atoms with Crippen LogP contribution in [0.3, 0.4) is 0 Å². The van der Waals surface area contributed by atoms with Crippen molar-refractivity contribution in [2.45, 2.75) is 18.9 Å². The fourth-order valence-electron chi connectivity index (χ4n) is 1.55. The number of aromatic nitrogens is 1. The molecule has 6 heteroatoms. The van der Waals surface area contributed by atoms with E-state index in [9.17, 15) is 4.79 Å². The molecule has 2 rings (SSSR count). The van der Waals surface area contributed by atoms with E-state index in [1.54, 1.807) is 0 Å². The number of anilines is 1. The number of carbonyl (C=O) groups is 1. The number of carboxylic acid groups (broad SMARTS) is 1. The van der Waals surface area contributed by atoms with Gasteiger partial charge >= 0.3 is 5.97 Å². The molecule has 1 aliphatic rings. The molecular weight excluding hydrogens is 200 g/mol. The first-order valence-corrected chi connectivity index (χ1v) is 4.76. The van der Waals surface area contributed by atoms with Crippen molar-refractivity contribution in [3.8, 4) is 0 Å². The van der Waals surface area contributed by atoms with Gasteiger partial charge in [-0.2, -0.15) is 4.98 Å². The second-order valence-corrected chi connectivity index (χ2v) is 3.72. The highest BCUT2D eigenvalue weighted by molar-refractivity contribution is 5.85. The van der Waals surface area contributed by atoms with Crippen LogP contribution < -0.4 is 5.32 Å². The largest absolute Gasteiger partial charge is 0.476 e. The Bertz CT molecular complexity index is 357. The maximum absolute atomic E-state index is 10.5. The summed E-state index contributed by atoms with van der Waals surface area (Å²) in [4.78, 5) is 14.2. The molecule has 0 unspecified atom stereocenters. The van der Waals surface area contributed by atoms with Crippen LogP contribution in [0.1, 0.15) is 23.3 Å².